The summed E-state index contributed by atoms with van der Waals surface area (Å²) in [5.41, 5.74) is 0. The van der Waals surface area contributed by atoms with Crippen LogP contribution in [0.5, 0.6) is 0 Å². The quantitative estimate of drug-likeness (QED) is 0.478. The Morgan fingerprint density at radius 2 is 1.25 bits per heavy atom. The van der Waals surface area contributed by atoms with E-state index in [4.69, 9.17) is 0 Å². The molecule has 0 N–H and O–H groups in total. The maximum absolute atomic E-state index is 2.01. The van der Waals surface area contributed by atoms with E-state index in [0.29, 0.717) is 0 Å². The molecule has 22 valence electrons. The molecular formula is H3AlMoTiW. The molecule has 0 aromatic heterocycles. The van der Waals surface area contributed by atoms with Crippen LogP contribution in [0.15, 0.2) is 0 Å². The Bertz CT molecular complexity index is 8.00. The molecule has 4 heteroatoms. The van der Waals surface area contributed by atoms with Crippen molar-refractivity contribution in [3.8, 4) is 0 Å². The summed E-state index contributed by atoms with van der Waals surface area (Å²) in [6.45, 7) is 0. The minimum absolute atomic E-state index is 0. The third-order valence-corrected chi connectivity index (χ3v) is 0. The van der Waals surface area contributed by atoms with Crippen LogP contribution >= 0.6 is 0 Å². The molecule has 0 aliphatic heterocycles. The Balaban J connectivity index is -0.00000000500. The topological polar surface area (TPSA) is 0 Å². The largest absolute Gasteiger partial charge is 0 e. The third-order valence-electron chi connectivity index (χ3n) is 0. The second-order valence-corrected chi connectivity index (χ2v) is 0. The van der Waals surface area contributed by atoms with Gasteiger partial charge in [0.1, 0.15) is 0 Å². The molecule has 0 aromatic carbocycles. The maximum Gasteiger partial charge on any atom is 0 e. The minimum Gasteiger partial charge on any atom is 0 e. The van der Waals surface area contributed by atoms with Gasteiger partial charge < -0.3 is 0 Å². The number of rotatable bonds is 0. The van der Waals surface area contributed by atoms with Crippen LogP contribution in [0.3, 0.4) is 0 Å². The number of hydrogen-bond acceptors (Lipinski definition) is 0. The molecule has 4 heavy (non-hydrogen) atoms. The summed E-state index contributed by atoms with van der Waals surface area (Å²) >= 11 is 3.96. The van der Waals surface area contributed by atoms with E-state index in [1.54, 1.807) is 0 Å². The molecule has 0 atom stereocenters. The van der Waals surface area contributed by atoms with Crippen LogP contribution in [-0.2, 0) is 55.1 Å². The second kappa shape index (κ2) is 17.5. The van der Waals surface area contributed by atoms with Crippen molar-refractivity contribution in [2.75, 3.05) is 0 Å². The van der Waals surface area contributed by atoms with Gasteiger partial charge in [0.25, 0.3) is 0 Å². The Kier molecular flexibility index (Phi) is 69.7. The molecule has 0 spiro atoms. The van der Waals surface area contributed by atoms with E-state index < -0.39 is 0 Å². The van der Waals surface area contributed by atoms with Crippen LogP contribution in [0, 0.1) is 0 Å². The summed E-state index contributed by atoms with van der Waals surface area (Å²) in [5, 5.41) is 0. The van der Waals surface area contributed by atoms with Crippen molar-refractivity contribution in [1.29, 1.82) is 0 Å². The van der Waals surface area contributed by atoms with E-state index >= 15 is 0 Å². The Labute approximate surface area is 71.3 Å². The van der Waals surface area contributed by atoms with Crippen molar-refractivity contribution in [2.24, 2.45) is 0 Å². The molecule has 0 aromatic rings. The molecular weight excluding hydrogens is 355 g/mol. The summed E-state index contributed by atoms with van der Waals surface area (Å²) in [5.74, 6) is 0. The molecule has 0 heterocycles. The molecule has 0 aliphatic rings. The second-order valence-electron chi connectivity index (χ2n) is 0. The van der Waals surface area contributed by atoms with Gasteiger partial charge in [-0.2, -0.15) is 0 Å². The summed E-state index contributed by atoms with van der Waals surface area (Å²) in [7, 11) is 0. The standard InChI is InChI=1S/Al.Mo.Ti.W.3H. The third kappa shape index (κ3) is 8.82. The van der Waals surface area contributed by atoms with E-state index in [-0.39, 0.29) is 38.4 Å². The van der Waals surface area contributed by atoms with Gasteiger partial charge in [-0.1, -0.05) is 0 Å². The number of hydrogen-bond donors (Lipinski definition) is 0. The van der Waals surface area contributed by atoms with Gasteiger partial charge in [0.2, 0.25) is 0 Å². The first-order valence-corrected chi connectivity index (χ1v) is 4.98. The van der Waals surface area contributed by atoms with Crippen LogP contribution in [0.1, 0.15) is 0 Å². The molecule has 0 rings (SSSR count). The summed E-state index contributed by atoms with van der Waals surface area (Å²) in [6.07, 6.45) is 0. The van der Waals surface area contributed by atoms with Crippen molar-refractivity contribution in [3.63, 3.8) is 0 Å². The molecule has 0 saturated carbocycles. The van der Waals surface area contributed by atoms with Gasteiger partial charge in [-0.15, -0.1) is 0 Å². The van der Waals surface area contributed by atoms with Crippen molar-refractivity contribution in [2.45, 2.75) is 0 Å². The van der Waals surface area contributed by atoms with Gasteiger partial charge in [-0.05, 0) is 0 Å². The fourth-order valence-corrected chi connectivity index (χ4v) is 0. The fraction of sp³-hybridized carbons (Fsp3) is 0. The molecule has 0 saturated heterocycles. The fourth-order valence-electron chi connectivity index (χ4n) is 0. The van der Waals surface area contributed by atoms with Gasteiger partial charge in [-0.3, -0.25) is 0 Å². The van der Waals surface area contributed by atoms with Crippen molar-refractivity contribution in [3.05, 3.63) is 0 Å². The van der Waals surface area contributed by atoms with Crippen LogP contribution in [-0.4, -0.2) is 17.4 Å². The smallest absolute Gasteiger partial charge is 0 e. The molecule has 0 amide bonds. The minimum atomic E-state index is 0. The Morgan fingerprint density at radius 1 is 1.25 bits per heavy atom. The Morgan fingerprint density at radius 3 is 1.25 bits per heavy atom. The predicted octanol–water partition coefficient (Wildman–Crippen LogP) is -1.19. The normalized spacial score (nSPS) is 0.750. The van der Waals surface area contributed by atoms with E-state index in [1.807, 2.05) is 34.0 Å². The van der Waals surface area contributed by atoms with E-state index in [1.165, 1.54) is 0 Å². The Hall–Kier alpha value is 2.62. The predicted molar refractivity (Wildman–Crippen MR) is 9.94 cm³/mol. The van der Waals surface area contributed by atoms with Crippen LogP contribution < -0.4 is 0 Å². The zero-order chi connectivity index (χ0) is 2.00. The van der Waals surface area contributed by atoms with Crippen LogP contribution in [0.25, 0.3) is 0 Å². The zero-order valence-electron chi connectivity index (χ0n) is 1.32. The first-order chi connectivity index (χ1) is 1.00. The monoisotopic (exact) mass is 360 g/mol. The van der Waals surface area contributed by atoms with Gasteiger partial charge in [-0.25, -0.2) is 0 Å². The SMILES string of the molecule is [AlH3].[Ti][Mo].[W]. The molecule has 0 nitrogen and oxygen atoms in total. The molecule has 0 bridgehead atoms. The zero-order valence-corrected chi connectivity index (χ0v) is 7.82. The van der Waals surface area contributed by atoms with Crippen molar-refractivity contribution >= 4 is 17.4 Å². The average Bonchev–Trinajstić information content (AvgIpc) is 1.00. The summed E-state index contributed by atoms with van der Waals surface area (Å²) in [6, 6.07) is 0. The van der Waals surface area contributed by atoms with Gasteiger partial charge in [0.15, 0.2) is 17.4 Å². The van der Waals surface area contributed by atoms with E-state index in [0.717, 1.165) is 0 Å². The van der Waals surface area contributed by atoms with Crippen molar-refractivity contribution < 1.29 is 55.1 Å². The van der Waals surface area contributed by atoms with E-state index in [2.05, 4.69) is 0 Å². The first kappa shape index (κ1) is 16.0. The van der Waals surface area contributed by atoms with Gasteiger partial charge in [0, 0.05) is 21.1 Å². The molecule has 0 fully saturated rings. The maximum atomic E-state index is 2.01. The van der Waals surface area contributed by atoms with Gasteiger partial charge in [0.05, 0.1) is 0 Å². The van der Waals surface area contributed by atoms with Crippen LogP contribution in [0.4, 0.5) is 0 Å². The molecule has 0 radical (unpaired) electrons. The average molecular weight is 358 g/mol. The molecule has 0 unspecified atom stereocenters. The summed E-state index contributed by atoms with van der Waals surface area (Å²) in [4.78, 5) is 0. The summed E-state index contributed by atoms with van der Waals surface area (Å²) < 4.78 is 0. The van der Waals surface area contributed by atoms with Crippen molar-refractivity contribution in [1.82, 2.24) is 0 Å². The first-order valence-electron chi connectivity index (χ1n) is 0.204. The van der Waals surface area contributed by atoms with E-state index in [9.17, 15) is 0 Å². The molecule has 0 aliphatic carbocycles. The van der Waals surface area contributed by atoms with Crippen LogP contribution in [0.2, 0.25) is 0 Å². The van der Waals surface area contributed by atoms with Gasteiger partial charge >= 0.3 is 34.0 Å².